The zero-order valence-corrected chi connectivity index (χ0v) is 12.4. The number of urea groups is 1. The number of nitrogens with zero attached hydrogens (tertiary/aromatic N) is 1. The fourth-order valence-corrected chi connectivity index (χ4v) is 2.59. The van der Waals surface area contributed by atoms with E-state index in [4.69, 9.17) is 4.74 Å². The number of carbonyl (C=O) groups excluding carboxylic acids is 1. The van der Waals surface area contributed by atoms with E-state index in [1.807, 2.05) is 36.1 Å². The lowest BCUT2D eigenvalue weighted by Crippen LogP contribution is -2.47. The van der Waals surface area contributed by atoms with Crippen LogP contribution in [-0.2, 0) is 6.54 Å². The van der Waals surface area contributed by atoms with E-state index in [0.29, 0.717) is 19.2 Å². The van der Waals surface area contributed by atoms with Gasteiger partial charge < -0.3 is 15.0 Å². The van der Waals surface area contributed by atoms with Crippen LogP contribution in [0, 0.1) is 0 Å². The summed E-state index contributed by atoms with van der Waals surface area (Å²) in [6, 6.07) is 8.25. The van der Waals surface area contributed by atoms with Gasteiger partial charge in [0.1, 0.15) is 5.75 Å². The summed E-state index contributed by atoms with van der Waals surface area (Å²) in [6.07, 6.45) is 3.44. The van der Waals surface area contributed by atoms with Crippen LogP contribution in [-0.4, -0.2) is 30.1 Å². The van der Waals surface area contributed by atoms with Gasteiger partial charge in [-0.1, -0.05) is 12.1 Å². The minimum absolute atomic E-state index is 0.0408. The highest BCUT2D eigenvalue weighted by Gasteiger charge is 2.22. The molecule has 1 aliphatic rings. The first-order valence-corrected chi connectivity index (χ1v) is 7.47. The van der Waals surface area contributed by atoms with E-state index >= 15 is 0 Å². The van der Waals surface area contributed by atoms with Crippen molar-refractivity contribution in [3.63, 3.8) is 0 Å². The smallest absolute Gasteiger partial charge is 0.317 e. The Kier molecular flexibility index (Phi) is 5.27. The minimum atomic E-state index is 0.0408. The van der Waals surface area contributed by atoms with E-state index in [9.17, 15) is 4.79 Å². The zero-order chi connectivity index (χ0) is 14.4. The molecule has 0 bridgehead atoms. The van der Waals surface area contributed by atoms with E-state index < -0.39 is 0 Å². The van der Waals surface area contributed by atoms with E-state index in [2.05, 4.69) is 12.2 Å². The SMILES string of the molecule is CCOc1cccc(CNC(=O)N2CCCC[C@@H]2C)c1. The van der Waals surface area contributed by atoms with Crippen LogP contribution in [0.3, 0.4) is 0 Å². The lowest BCUT2D eigenvalue weighted by atomic mass is 10.0. The van der Waals surface area contributed by atoms with Gasteiger partial charge in [0.2, 0.25) is 0 Å². The summed E-state index contributed by atoms with van der Waals surface area (Å²) in [4.78, 5) is 14.1. The molecule has 110 valence electrons. The second-order valence-electron chi connectivity index (χ2n) is 5.28. The minimum Gasteiger partial charge on any atom is -0.494 e. The van der Waals surface area contributed by atoms with Crippen LogP contribution in [0.1, 0.15) is 38.7 Å². The number of carbonyl (C=O) groups is 1. The first-order chi connectivity index (χ1) is 9.70. The Balaban J connectivity index is 1.87. The number of nitrogens with one attached hydrogen (secondary N) is 1. The molecule has 4 heteroatoms. The monoisotopic (exact) mass is 276 g/mol. The molecule has 4 nitrogen and oxygen atoms in total. The lowest BCUT2D eigenvalue weighted by Gasteiger charge is -2.33. The molecule has 2 amide bonds. The fraction of sp³-hybridized carbons (Fsp3) is 0.562. The molecule has 1 aromatic carbocycles. The normalized spacial score (nSPS) is 18.7. The second-order valence-corrected chi connectivity index (χ2v) is 5.28. The number of benzene rings is 1. The van der Waals surface area contributed by atoms with Gasteiger partial charge in [-0.3, -0.25) is 0 Å². The Morgan fingerprint density at radius 3 is 3.05 bits per heavy atom. The fourth-order valence-electron chi connectivity index (χ4n) is 2.59. The van der Waals surface area contributed by atoms with Crippen LogP contribution in [0.25, 0.3) is 0 Å². The summed E-state index contributed by atoms with van der Waals surface area (Å²) >= 11 is 0. The molecular formula is C16H24N2O2. The van der Waals surface area contributed by atoms with E-state index in [1.54, 1.807) is 0 Å². The lowest BCUT2D eigenvalue weighted by molar-refractivity contribution is 0.158. The molecule has 0 aromatic heterocycles. The molecule has 0 aliphatic carbocycles. The van der Waals surface area contributed by atoms with Crippen molar-refractivity contribution in [2.24, 2.45) is 0 Å². The Labute approximate surface area is 121 Å². The molecular weight excluding hydrogens is 252 g/mol. The average molecular weight is 276 g/mol. The highest BCUT2D eigenvalue weighted by atomic mass is 16.5. The number of likely N-dealkylation sites (tertiary alicyclic amines) is 1. The van der Waals surface area contributed by atoms with Crippen LogP contribution >= 0.6 is 0 Å². The second kappa shape index (κ2) is 7.17. The summed E-state index contributed by atoms with van der Waals surface area (Å²) in [6.45, 7) is 6.15. The molecule has 1 heterocycles. The van der Waals surface area contributed by atoms with Gasteiger partial charge >= 0.3 is 6.03 Å². The van der Waals surface area contributed by atoms with Crippen LogP contribution in [0.2, 0.25) is 0 Å². The topological polar surface area (TPSA) is 41.6 Å². The maximum absolute atomic E-state index is 12.2. The van der Waals surface area contributed by atoms with E-state index in [1.165, 1.54) is 6.42 Å². The van der Waals surface area contributed by atoms with Crippen molar-refractivity contribution in [1.29, 1.82) is 0 Å². The average Bonchev–Trinajstić information content (AvgIpc) is 2.46. The molecule has 1 atom stereocenters. The molecule has 1 aromatic rings. The molecule has 1 saturated heterocycles. The third kappa shape index (κ3) is 3.89. The number of ether oxygens (including phenoxy) is 1. The number of amides is 2. The summed E-state index contributed by atoms with van der Waals surface area (Å²) in [5.41, 5.74) is 1.06. The molecule has 1 N–H and O–H groups in total. The number of hydrogen-bond donors (Lipinski definition) is 1. The number of piperidine rings is 1. The van der Waals surface area contributed by atoms with Crippen LogP contribution in [0.15, 0.2) is 24.3 Å². The van der Waals surface area contributed by atoms with Crippen molar-refractivity contribution < 1.29 is 9.53 Å². The van der Waals surface area contributed by atoms with Crippen LogP contribution < -0.4 is 10.1 Å². The van der Waals surface area contributed by atoms with Gasteiger partial charge in [-0.05, 0) is 50.8 Å². The molecule has 0 radical (unpaired) electrons. The Morgan fingerprint density at radius 1 is 1.45 bits per heavy atom. The summed E-state index contributed by atoms with van der Waals surface area (Å²) < 4.78 is 5.46. The highest BCUT2D eigenvalue weighted by Crippen LogP contribution is 2.17. The molecule has 0 saturated carbocycles. The zero-order valence-electron chi connectivity index (χ0n) is 12.4. The van der Waals surface area contributed by atoms with Gasteiger partial charge in [-0.15, -0.1) is 0 Å². The maximum Gasteiger partial charge on any atom is 0.317 e. The molecule has 1 aliphatic heterocycles. The first kappa shape index (κ1) is 14.7. The largest absolute Gasteiger partial charge is 0.494 e. The van der Waals surface area contributed by atoms with E-state index in [0.717, 1.165) is 30.7 Å². The summed E-state index contributed by atoms with van der Waals surface area (Å²) in [5, 5.41) is 3.00. The van der Waals surface area contributed by atoms with Gasteiger partial charge in [0, 0.05) is 19.1 Å². The van der Waals surface area contributed by atoms with Crippen molar-refractivity contribution >= 4 is 6.03 Å². The van der Waals surface area contributed by atoms with Crippen molar-refractivity contribution in [3.05, 3.63) is 29.8 Å². The van der Waals surface area contributed by atoms with Gasteiger partial charge in [-0.2, -0.15) is 0 Å². The molecule has 0 unspecified atom stereocenters. The van der Waals surface area contributed by atoms with Gasteiger partial charge in [0.25, 0.3) is 0 Å². The van der Waals surface area contributed by atoms with Gasteiger partial charge in [0.15, 0.2) is 0 Å². The van der Waals surface area contributed by atoms with E-state index in [-0.39, 0.29) is 6.03 Å². The summed E-state index contributed by atoms with van der Waals surface area (Å²) in [7, 11) is 0. The van der Waals surface area contributed by atoms with Crippen molar-refractivity contribution in [1.82, 2.24) is 10.2 Å². The van der Waals surface area contributed by atoms with Crippen molar-refractivity contribution in [2.75, 3.05) is 13.2 Å². The number of rotatable bonds is 4. The number of hydrogen-bond acceptors (Lipinski definition) is 2. The molecule has 2 rings (SSSR count). The molecule has 1 fully saturated rings. The Morgan fingerprint density at radius 2 is 2.30 bits per heavy atom. The highest BCUT2D eigenvalue weighted by molar-refractivity contribution is 5.74. The quantitative estimate of drug-likeness (QED) is 0.917. The van der Waals surface area contributed by atoms with Crippen molar-refractivity contribution in [2.45, 2.75) is 45.7 Å². The maximum atomic E-state index is 12.2. The summed E-state index contributed by atoms with van der Waals surface area (Å²) in [5.74, 6) is 0.852. The Bertz CT molecular complexity index is 448. The van der Waals surface area contributed by atoms with Gasteiger partial charge in [-0.25, -0.2) is 4.79 Å². The first-order valence-electron chi connectivity index (χ1n) is 7.47. The predicted octanol–water partition coefficient (Wildman–Crippen LogP) is 3.17. The van der Waals surface area contributed by atoms with Crippen molar-refractivity contribution in [3.8, 4) is 5.75 Å². The third-order valence-corrected chi connectivity index (χ3v) is 3.72. The van der Waals surface area contributed by atoms with Crippen LogP contribution in [0.4, 0.5) is 4.79 Å². The molecule has 20 heavy (non-hydrogen) atoms. The predicted molar refractivity (Wildman–Crippen MR) is 79.9 cm³/mol. The Hall–Kier alpha value is -1.71. The standard InChI is InChI=1S/C16H24N2O2/c1-3-20-15-9-6-8-14(11-15)12-17-16(19)18-10-5-4-7-13(18)2/h6,8-9,11,13H,3-5,7,10,12H2,1-2H3,(H,17,19)/t13-/m0/s1. The van der Waals surface area contributed by atoms with Crippen LogP contribution in [0.5, 0.6) is 5.75 Å². The third-order valence-electron chi connectivity index (χ3n) is 3.72. The molecule has 0 spiro atoms. The van der Waals surface area contributed by atoms with Gasteiger partial charge in [0.05, 0.1) is 6.61 Å².